The minimum absolute atomic E-state index is 0.00797. The Kier molecular flexibility index (Phi) is 5.83. The third kappa shape index (κ3) is 4.37. The Morgan fingerprint density at radius 3 is 2.40 bits per heavy atom. The highest BCUT2D eigenvalue weighted by molar-refractivity contribution is 5.98. The summed E-state index contributed by atoms with van der Waals surface area (Å²) in [5.74, 6) is -0.00534. The molecule has 8 nitrogen and oxygen atoms in total. The molecule has 0 spiro atoms. The van der Waals surface area contributed by atoms with Crippen molar-refractivity contribution < 1.29 is 9.59 Å². The number of carbonyl (C=O) groups is 2. The molecule has 1 aliphatic carbocycles. The molecule has 0 atom stereocenters. The largest absolute Gasteiger partial charge is 0.368 e. The van der Waals surface area contributed by atoms with E-state index in [1.165, 1.54) is 12.8 Å². The predicted molar refractivity (Wildman–Crippen MR) is 114 cm³/mol. The third-order valence-corrected chi connectivity index (χ3v) is 5.34. The molecule has 1 fully saturated rings. The molecule has 0 unspecified atom stereocenters. The van der Waals surface area contributed by atoms with Crippen molar-refractivity contribution in [3.63, 3.8) is 0 Å². The monoisotopic (exact) mass is 404 g/mol. The Hall–Kier alpha value is -3.55. The Balaban J connectivity index is 1.46. The first-order chi connectivity index (χ1) is 14.6. The zero-order valence-electron chi connectivity index (χ0n) is 16.6. The molecular weight excluding hydrogens is 380 g/mol. The van der Waals surface area contributed by atoms with Crippen LogP contribution in [0.4, 0.5) is 11.6 Å². The van der Waals surface area contributed by atoms with Crippen molar-refractivity contribution in [2.75, 3.05) is 11.1 Å². The van der Waals surface area contributed by atoms with E-state index in [4.69, 9.17) is 5.73 Å². The first-order valence-electron chi connectivity index (χ1n) is 10.2. The molecule has 154 valence electrons. The number of hydrogen-bond donors (Lipinski definition) is 2. The molecule has 2 aromatic heterocycles. The van der Waals surface area contributed by atoms with Gasteiger partial charge >= 0.3 is 0 Å². The lowest BCUT2D eigenvalue weighted by atomic mass is 9.99. The second-order valence-electron chi connectivity index (χ2n) is 7.48. The van der Waals surface area contributed by atoms with Gasteiger partial charge in [0.05, 0.1) is 0 Å². The van der Waals surface area contributed by atoms with Crippen LogP contribution in [0.1, 0.15) is 48.9 Å². The predicted octanol–water partition coefficient (Wildman–Crippen LogP) is 3.52. The number of carbonyl (C=O) groups excluding carboxylic acids is 2. The first kappa shape index (κ1) is 19.8. The number of nitrogens with zero attached hydrogens (tertiary/aromatic N) is 4. The standard InChI is InChI=1S/C22H24N6O2/c23-22-26-19(18-9-5-6-14-24-18)27-28(22)21(30)16-10-12-17(13-11-16)25-20(29)15-7-3-1-2-4-8-15/h5-6,9-15H,1-4,7-8H2,(H,25,29)(H2,23,26,27). The van der Waals surface area contributed by atoms with Gasteiger partial charge in [0.25, 0.3) is 5.91 Å². The van der Waals surface area contributed by atoms with Gasteiger partial charge < -0.3 is 11.1 Å². The van der Waals surface area contributed by atoms with E-state index in [1.54, 1.807) is 42.6 Å². The van der Waals surface area contributed by atoms with E-state index in [2.05, 4.69) is 20.4 Å². The number of pyridine rings is 1. The molecule has 30 heavy (non-hydrogen) atoms. The zero-order chi connectivity index (χ0) is 20.9. The summed E-state index contributed by atoms with van der Waals surface area (Å²) in [6.45, 7) is 0. The molecule has 0 radical (unpaired) electrons. The quantitative estimate of drug-likeness (QED) is 0.643. The summed E-state index contributed by atoms with van der Waals surface area (Å²) < 4.78 is 1.06. The molecule has 1 amide bonds. The highest BCUT2D eigenvalue weighted by Crippen LogP contribution is 2.24. The molecule has 1 aliphatic rings. The number of anilines is 2. The number of nitrogen functional groups attached to an aromatic ring is 1. The molecule has 8 heteroatoms. The molecule has 0 bridgehead atoms. The molecule has 1 saturated carbocycles. The summed E-state index contributed by atoms with van der Waals surface area (Å²) in [5, 5.41) is 7.16. The van der Waals surface area contributed by atoms with Crippen LogP contribution in [0.15, 0.2) is 48.7 Å². The topological polar surface area (TPSA) is 116 Å². The highest BCUT2D eigenvalue weighted by atomic mass is 16.2. The normalized spacial score (nSPS) is 14.8. The second kappa shape index (κ2) is 8.86. The van der Waals surface area contributed by atoms with E-state index in [9.17, 15) is 9.59 Å². The van der Waals surface area contributed by atoms with E-state index >= 15 is 0 Å². The van der Waals surface area contributed by atoms with E-state index in [0.29, 0.717) is 16.9 Å². The van der Waals surface area contributed by atoms with Gasteiger partial charge in [-0.25, -0.2) is 0 Å². The molecule has 4 rings (SSSR count). The van der Waals surface area contributed by atoms with Gasteiger partial charge in [0.2, 0.25) is 17.7 Å². The van der Waals surface area contributed by atoms with Crippen molar-refractivity contribution in [3.05, 3.63) is 54.2 Å². The summed E-state index contributed by atoms with van der Waals surface area (Å²) in [6.07, 6.45) is 8.11. The Morgan fingerprint density at radius 2 is 1.73 bits per heavy atom. The van der Waals surface area contributed by atoms with Crippen LogP contribution in [0.3, 0.4) is 0 Å². The van der Waals surface area contributed by atoms with Crippen LogP contribution in [0.2, 0.25) is 0 Å². The van der Waals surface area contributed by atoms with Crippen LogP contribution < -0.4 is 11.1 Å². The van der Waals surface area contributed by atoms with Crippen molar-refractivity contribution in [1.29, 1.82) is 0 Å². The van der Waals surface area contributed by atoms with Gasteiger partial charge in [0.15, 0.2) is 0 Å². The molecule has 0 saturated heterocycles. The minimum Gasteiger partial charge on any atom is -0.368 e. The van der Waals surface area contributed by atoms with Crippen LogP contribution in [0, 0.1) is 5.92 Å². The maximum absolute atomic E-state index is 12.8. The van der Waals surface area contributed by atoms with Gasteiger partial charge in [-0.2, -0.15) is 9.67 Å². The Bertz CT molecular complexity index is 1020. The lowest BCUT2D eigenvalue weighted by Crippen LogP contribution is -2.22. The van der Waals surface area contributed by atoms with Crippen LogP contribution in [0.25, 0.3) is 11.5 Å². The first-order valence-corrected chi connectivity index (χ1v) is 10.2. The third-order valence-electron chi connectivity index (χ3n) is 5.34. The van der Waals surface area contributed by atoms with Crippen molar-refractivity contribution >= 4 is 23.5 Å². The number of aromatic nitrogens is 4. The molecule has 0 aliphatic heterocycles. The fraction of sp³-hybridized carbons (Fsp3) is 0.318. The number of rotatable bonds is 4. The number of benzene rings is 1. The van der Waals surface area contributed by atoms with Crippen molar-refractivity contribution in [1.82, 2.24) is 19.7 Å². The second-order valence-corrected chi connectivity index (χ2v) is 7.48. The van der Waals surface area contributed by atoms with E-state index in [1.807, 2.05) is 6.07 Å². The number of nitrogens with one attached hydrogen (secondary N) is 1. The minimum atomic E-state index is -0.399. The lowest BCUT2D eigenvalue weighted by Gasteiger charge is -2.14. The summed E-state index contributed by atoms with van der Waals surface area (Å²) >= 11 is 0. The van der Waals surface area contributed by atoms with Crippen molar-refractivity contribution in [3.8, 4) is 11.5 Å². The van der Waals surface area contributed by atoms with Gasteiger partial charge in [-0.05, 0) is 49.2 Å². The van der Waals surface area contributed by atoms with E-state index in [0.717, 1.165) is 30.4 Å². The van der Waals surface area contributed by atoms with Crippen LogP contribution in [-0.4, -0.2) is 31.6 Å². The van der Waals surface area contributed by atoms with Crippen molar-refractivity contribution in [2.24, 2.45) is 5.92 Å². The average Bonchev–Trinajstić information content (AvgIpc) is 2.98. The highest BCUT2D eigenvalue weighted by Gasteiger charge is 2.21. The van der Waals surface area contributed by atoms with E-state index < -0.39 is 5.91 Å². The molecular formula is C22H24N6O2. The van der Waals surface area contributed by atoms with Crippen LogP contribution in [0.5, 0.6) is 0 Å². The van der Waals surface area contributed by atoms with Crippen LogP contribution in [-0.2, 0) is 4.79 Å². The fourth-order valence-corrected chi connectivity index (χ4v) is 3.68. The van der Waals surface area contributed by atoms with Gasteiger partial charge in [-0.1, -0.05) is 31.7 Å². The number of nitrogens with two attached hydrogens (primary N) is 1. The molecule has 3 aromatic rings. The summed E-state index contributed by atoms with van der Waals surface area (Å²) in [6, 6.07) is 12.1. The fourth-order valence-electron chi connectivity index (χ4n) is 3.68. The molecule has 1 aromatic carbocycles. The SMILES string of the molecule is Nc1nc(-c2ccccn2)nn1C(=O)c1ccc(NC(=O)C2CCCCCC2)cc1. The maximum atomic E-state index is 12.8. The van der Waals surface area contributed by atoms with E-state index in [-0.39, 0.29) is 23.6 Å². The number of amides is 1. The maximum Gasteiger partial charge on any atom is 0.281 e. The van der Waals surface area contributed by atoms with Crippen molar-refractivity contribution in [2.45, 2.75) is 38.5 Å². The zero-order valence-corrected chi connectivity index (χ0v) is 16.6. The Morgan fingerprint density at radius 1 is 1.00 bits per heavy atom. The molecule has 3 N–H and O–H groups in total. The molecule has 2 heterocycles. The van der Waals surface area contributed by atoms with Gasteiger partial charge in [-0.3, -0.25) is 14.6 Å². The Labute approximate surface area is 174 Å². The smallest absolute Gasteiger partial charge is 0.281 e. The van der Waals surface area contributed by atoms with Crippen LogP contribution >= 0.6 is 0 Å². The lowest BCUT2D eigenvalue weighted by molar-refractivity contribution is -0.120. The van der Waals surface area contributed by atoms with Gasteiger partial charge in [0, 0.05) is 23.4 Å². The summed E-state index contributed by atoms with van der Waals surface area (Å²) in [4.78, 5) is 33.6. The summed E-state index contributed by atoms with van der Waals surface area (Å²) in [5.41, 5.74) is 7.49. The number of hydrogen-bond acceptors (Lipinski definition) is 6. The van der Waals surface area contributed by atoms with Gasteiger partial charge in [-0.15, -0.1) is 5.10 Å². The summed E-state index contributed by atoms with van der Waals surface area (Å²) in [7, 11) is 0. The van der Waals surface area contributed by atoms with Gasteiger partial charge in [0.1, 0.15) is 5.69 Å². The average molecular weight is 404 g/mol.